The number of anilines is 3. The van der Waals surface area contributed by atoms with Crippen molar-refractivity contribution in [1.29, 1.82) is 0 Å². The SMILES string of the molecule is [2H]c1c([2H])c2c(c([2H])c1-c1cc(N(c3ccc(Br)cc3)c3ccc(Br)cc3)c3oc4ccccc4c3c1)C(C)(C)C(C)(C)C2(C)C. The third-order valence-electron chi connectivity index (χ3n) is 10.3. The molecule has 1 heterocycles. The van der Waals surface area contributed by atoms with Crippen LogP contribution in [0.2, 0.25) is 0 Å². The van der Waals surface area contributed by atoms with Gasteiger partial charge in [0.25, 0.3) is 0 Å². The molecule has 0 fully saturated rings. The van der Waals surface area contributed by atoms with Gasteiger partial charge in [-0.05, 0) is 105 Å². The number of benzene rings is 5. The Bertz CT molecular complexity index is 2140. The van der Waals surface area contributed by atoms with Gasteiger partial charge in [0.05, 0.1) is 9.80 Å². The van der Waals surface area contributed by atoms with Crippen molar-refractivity contribution in [3.63, 3.8) is 0 Å². The third-order valence-corrected chi connectivity index (χ3v) is 11.4. The molecule has 5 aromatic carbocycles. The van der Waals surface area contributed by atoms with E-state index in [2.05, 4.69) is 103 Å². The summed E-state index contributed by atoms with van der Waals surface area (Å²) < 4.78 is 37.1. The second kappa shape index (κ2) is 9.84. The molecule has 0 unspecified atom stereocenters. The molecule has 0 saturated heterocycles. The minimum Gasteiger partial charge on any atom is -0.454 e. The molecule has 4 heteroatoms. The summed E-state index contributed by atoms with van der Waals surface area (Å²) in [7, 11) is 0. The maximum atomic E-state index is 9.75. The summed E-state index contributed by atoms with van der Waals surface area (Å²) >= 11 is 7.18. The lowest BCUT2D eigenvalue weighted by atomic mass is 9.59. The Morgan fingerprint density at radius 1 is 0.651 bits per heavy atom. The molecule has 1 aliphatic carbocycles. The molecule has 0 spiro atoms. The van der Waals surface area contributed by atoms with Gasteiger partial charge >= 0.3 is 0 Å². The van der Waals surface area contributed by atoms with Crippen molar-refractivity contribution < 1.29 is 8.53 Å². The minimum atomic E-state index is -0.392. The molecular weight excluding hydrogens is 658 g/mol. The van der Waals surface area contributed by atoms with E-state index in [-0.39, 0.29) is 22.9 Å². The second-order valence-electron chi connectivity index (χ2n) is 13.1. The molecule has 43 heavy (non-hydrogen) atoms. The van der Waals surface area contributed by atoms with E-state index in [1.165, 1.54) is 0 Å². The van der Waals surface area contributed by atoms with Crippen LogP contribution in [0.5, 0.6) is 0 Å². The van der Waals surface area contributed by atoms with Crippen molar-refractivity contribution in [3.05, 3.63) is 123 Å². The average Bonchev–Trinajstić information content (AvgIpc) is 3.43. The van der Waals surface area contributed by atoms with E-state index in [0.29, 0.717) is 17.2 Å². The smallest absolute Gasteiger partial charge is 0.159 e. The fourth-order valence-electron chi connectivity index (χ4n) is 6.62. The lowest BCUT2D eigenvalue weighted by molar-refractivity contribution is 0.125. The fraction of sp³-hybridized carbons (Fsp3) is 0.231. The maximum Gasteiger partial charge on any atom is 0.159 e. The molecule has 216 valence electrons. The van der Waals surface area contributed by atoms with Crippen LogP contribution >= 0.6 is 31.9 Å². The van der Waals surface area contributed by atoms with Gasteiger partial charge in [-0.25, -0.2) is 0 Å². The Hall–Kier alpha value is -3.34. The molecule has 0 amide bonds. The summed E-state index contributed by atoms with van der Waals surface area (Å²) in [5.41, 5.74) is 6.00. The Morgan fingerprint density at radius 2 is 1.23 bits per heavy atom. The molecule has 6 aromatic rings. The number of hydrogen-bond acceptors (Lipinski definition) is 2. The van der Waals surface area contributed by atoms with Gasteiger partial charge in [0.1, 0.15) is 5.58 Å². The first-order chi connectivity index (χ1) is 21.7. The van der Waals surface area contributed by atoms with Crippen molar-refractivity contribution in [3.8, 4) is 11.1 Å². The number of furan rings is 1. The molecular formula is C39H35Br2NO. The highest BCUT2D eigenvalue weighted by atomic mass is 79.9. The van der Waals surface area contributed by atoms with E-state index in [1.807, 2.05) is 60.7 Å². The van der Waals surface area contributed by atoms with Crippen LogP contribution in [0.4, 0.5) is 17.1 Å². The second-order valence-corrected chi connectivity index (χ2v) is 15.0. The van der Waals surface area contributed by atoms with E-state index in [9.17, 15) is 4.11 Å². The molecule has 0 aliphatic heterocycles. The van der Waals surface area contributed by atoms with Gasteiger partial charge in [-0.1, -0.05) is 110 Å². The van der Waals surface area contributed by atoms with E-state index >= 15 is 0 Å². The summed E-state index contributed by atoms with van der Waals surface area (Å²) in [5.74, 6) is 0. The predicted molar refractivity (Wildman–Crippen MR) is 189 cm³/mol. The summed E-state index contributed by atoms with van der Waals surface area (Å²) in [5, 5.41) is 1.85. The predicted octanol–water partition coefficient (Wildman–Crippen LogP) is 12.8. The Morgan fingerprint density at radius 3 is 1.86 bits per heavy atom. The van der Waals surface area contributed by atoms with Crippen molar-refractivity contribution >= 4 is 70.9 Å². The first-order valence-corrected chi connectivity index (χ1v) is 16.2. The van der Waals surface area contributed by atoms with Crippen LogP contribution in [0.3, 0.4) is 0 Å². The number of rotatable bonds is 4. The van der Waals surface area contributed by atoms with Crippen molar-refractivity contribution in [2.24, 2.45) is 5.41 Å². The maximum absolute atomic E-state index is 9.75. The van der Waals surface area contributed by atoms with Crippen molar-refractivity contribution in [2.45, 2.75) is 52.4 Å². The third kappa shape index (κ3) is 4.24. The molecule has 0 atom stereocenters. The van der Waals surface area contributed by atoms with Gasteiger partial charge in [0.2, 0.25) is 0 Å². The number of para-hydroxylation sites is 1. The molecule has 2 nitrogen and oxygen atoms in total. The van der Waals surface area contributed by atoms with Crippen molar-refractivity contribution in [2.75, 3.05) is 4.90 Å². The van der Waals surface area contributed by atoms with Gasteiger partial charge in [-0.3, -0.25) is 0 Å². The van der Waals surface area contributed by atoms with E-state index in [1.54, 1.807) is 0 Å². The topological polar surface area (TPSA) is 16.4 Å². The number of fused-ring (bicyclic) bond motifs is 4. The zero-order valence-corrected chi connectivity index (χ0v) is 28.4. The van der Waals surface area contributed by atoms with Crippen LogP contribution in [-0.4, -0.2) is 0 Å². The zero-order valence-electron chi connectivity index (χ0n) is 28.2. The van der Waals surface area contributed by atoms with Crippen LogP contribution in [0.15, 0.2) is 116 Å². The summed E-state index contributed by atoms with van der Waals surface area (Å²) in [6.07, 6.45) is 0. The van der Waals surface area contributed by atoms with Crippen LogP contribution in [-0.2, 0) is 10.8 Å². The largest absolute Gasteiger partial charge is 0.454 e. The van der Waals surface area contributed by atoms with Gasteiger partial charge in [0, 0.05) is 31.1 Å². The summed E-state index contributed by atoms with van der Waals surface area (Å²) in [6.45, 7) is 13.1. The van der Waals surface area contributed by atoms with Gasteiger partial charge in [-0.2, -0.15) is 0 Å². The highest BCUT2D eigenvalue weighted by Gasteiger charge is 2.56. The molecule has 0 bridgehead atoms. The molecule has 0 N–H and O–H groups in total. The minimum absolute atomic E-state index is 0.0854. The van der Waals surface area contributed by atoms with Crippen LogP contribution in [0, 0.1) is 5.41 Å². The first-order valence-electron chi connectivity index (χ1n) is 16.1. The van der Waals surface area contributed by atoms with Crippen LogP contribution < -0.4 is 4.90 Å². The molecule has 0 radical (unpaired) electrons. The normalized spacial score (nSPS) is 17.4. The molecule has 1 aliphatic rings. The Balaban J connectivity index is 1.60. The number of nitrogens with zero attached hydrogens (tertiary/aromatic N) is 1. The monoisotopic (exact) mass is 694 g/mol. The van der Waals surface area contributed by atoms with Gasteiger partial charge < -0.3 is 9.32 Å². The molecule has 7 rings (SSSR count). The average molecular weight is 697 g/mol. The number of halogens is 2. The molecule has 0 saturated carbocycles. The standard InChI is InChI=1S/C39H35Br2NO/c1-37(2)32-20-11-24(22-33(32)38(3,4)39(37,5)6)25-21-31-30-9-7-8-10-35(30)43-36(31)34(23-25)42(28-16-12-26(40)13-17-28)29-18-14-27(41)15-19-29/h7-23H,1-6H3/i11D,20D,22D. The fourth-order valence-corrected chi connectivity index (χ4v) is 7.15. The lowest BCUT2D eigenvalue weighted by Gasteiger charge is -2.44. The summed E-state index contributed by atoms with van der Waals surface area (Å²) in [4.78, 5) is 2.16. The zero-order chi connectivity index (χ0) is 32.9. The highest BCUT2D eigenvalue weighted by molar-refractivity contribution is 9.10. The lowest BCUT2D eigenvalue weighted by Crippen LogP contribution is -2.42. The first kappa shape index (κ1) is 25.0. The van der Waals surface area contributed by atoms with E-state index < -0.39 is 5.41 Å². The Kier molecular flexibility index (Phi) is 5.73. The molecule has 1 aromatic heterocycles. The van der Waals surface area contributed by atoms with Gasteiger partial charge in [-0.15, -0.1) is 0 Å². The number of hydrogen-bond donors (Lipinski definition) is 0. The van der Waals surface area contributed by atoms with Crippen molar-refractivity contribution in [1.82, 2.24) is 0 Å². The Labute approximate surface area is 275 Å². The van der Waals surface area contributed by atoms with E-state index in [4.69, 9.17) is 4.42 Å². The van der Waals surface area contributed by atoms with Crippen LogP contribution in [0.25, 0.3) is 33.1 Å². The highest BCUT2D eigenvalue weighted by Crippen LogP contribution is 2.62. The van der Waals surface area contributed by atoms with Crippen LogP contribution in [0.1, 0.15) is 56.8 Å². The quantitative estimate of drug-likeness (QED) is 0.182. The summed E-state index contributed by atoms with van der Waals surface area (Å²) in [6, 6.07) is 29.0. The van der Waals surface area contributed by atoms with Gasteiger partial charge in [0.15, 0.2) is 5.58 Å². The van der Waals surface area contributed by atoms with E-state index in [0.717, 1.165) is 59.1 Å².